The monoisotopic (exact) mass is 307 g/mol. The molecule has 1 atom stereocenters. The molecule has 1 amide bonds. The van der Waals surface area contributed by atoms with Crippen LogP contribution in [-0.2, 0) is 19.7 Å². The summed E-state index contributed by atoms with van der Waals surface area (Å²) in [4.78, 5) is 25.3. The van der Waals surface area contributed by atoms with Crippen LogP contribution in [0.25, 0.3) is 0 Å². The number of hydrogen-bond donors (Lipinski definition) is 1. The first-order valence-electron chi connectivity index (χ1n) is 7.40. The van der Waals surface area contributed by atoms with Crippen molar-refractivity contribution >= 4 is 11.9 Å². The van der Waals surface area contributed by atoms with Crippen molar-refractivity contribution < 1.29 is 23.8 Å². The van der Waals surface area contributed by atoms with Crippen LogP contribution in [-0.4, -0.2) is 47.7 Å². The summed E-state index contributed by atoms with van der Waals surface area (Å²) in [7, 11) is 0. The van der Waals surface area contributed by atoms with Crippen LogP contribution >= 0.6 is 0 Å². The normalized spacial score (nSPS) is 23.1. The van der Waals surface area contributed by atoms with E-state index in [0.29, 0.717) is 31.6 Å². The number of carboxylic acid groups (broad SMARTS) is 1. The molecule has 0 bridgehead atoms. The maximum Gasteiger partial charge on any atom is 0.306 e. The van der Waals surface area contributed by atoms with Crippen LogP contribution in [0.2, 0.25) is 0 Å². The maximum atomic E-state index is 13.4. The SMILES string of the molecule is O=C(O)CC1CN(C(=O)C2(c3cccc(F)c3)CC2)CCO1. The highest BCUT2D eigenvalue weighted by atomic mass is 19.1. The molecule has 1 N–H and O–H groups in total. The van der Waals surface area contributed by atoms with Gasteiger partial charge in [0.1, 0.15) is 5.82 Å². The summed E-state index contributed by atoms with van der Waals surface area (Å²) in [6.07, 6.45) is 0.821. The highest BCUT2D eigenvalue weighted by Gasteiger charge is 2.53. The zero-order chi connectivity index (χ0) is 15.7. The summed E-state index contributed by atoms with van der Waals surface area (Å²) < 4.78 is 18.8. The smallest absolute Gasteiger partial charge is 0.306 e. The standard InChI is InChI=1S/C16H18FNO4/c17-12-3-1-2-11(8-12)16(4-5-16)15(21)18-6-7-22-13(10-18)9-14(19)20/h1-3,8,13H,4-7,9-10H2,(H,19,20). The van der Waals surface area contributed by atoms with E-state index in [-0.39, 0.29) is 24.7 Å². The van der Waals surface area contributed by atoms with Gasteiger partial charge in [-0.2, -0.15) is 0 Å². The molecule has 2 aliphatic rings. The van der Waals surface area contributed by atoms with Crippen LogP contribution in [0.3, 0.4) is 0 Å². The Morgan fingerprint density at radius 1 is 1.41 bits per heavy atom. The summed E-state index contributed by atoms with van der Waals surface area (Å²) in [6, 6.07) is 6.18. The number of hydrogen-bond acceptors (Lipinski definition) is 3. The van der Waals surface area contributed by atoms with Gasteiger partial charge in [0, 0.05) is 13.1 Å². The number of halogens is 1. The predicted octanol–water partition coefficient (Wildman–Crippen LogP) is 1.56. The number of amides is 1. The van der Waals surface area contributed by atoms with Gasteiger partial charge < -0.3 is 14.7 Å². The van der Waals surface area contributed by atoms with Crippen molar-refractivity contribution in [1.29, 1.82) is 0 Å². The molecule has 3 rings (SSSR count). The van der Waals surface area contributed by atoms with Crippen LogP contribution in [0.4, 0.5) is 4.39 Å². The van der Waals surface area contributed by atoms with Gasteiger partial charge in [0.2, 0.25) is 5.91 Å². The summed E-state index contributed by atoms with van der Waals surface area (Å²) in [6.45, 7) is 1.07. The third kappa shape index (κ3) is 2.83. The number of carbonyl (C=O) groups is 2. The van der Waals surface area contributed by atoms with Crippen molar-refractivity contribution in [3.63, 3.8) is 0 Å². The quantitative estimate of drug-likeness (QED) is 0.916. The minimum atomic E-state index is -0.939. The van der Waals surface area contributed by atoms with Gasteiger partial charge in [-0.3, -0.25) is 9.59 Å². The molecule has 2 fully saturated rings. The van der Waals surface area contributed by atoms with Gasteiger partial charge in [0.25, 0.3) is 0 Å². The number of morpholine rings is 1. The van der Waals surface area contributed by atoms with Crippen LogP contribution in [0.5, 0.6) is 0 Å². The fourth-order valence-electron chi connectivity index (χ4n) is 3.06. The summed E-state index contributed by atoms with van der Waals surface area (Å²) in [5.74, 6) is -1.33. The molecule has 1 saturated carbocycles. The molecule has 1 unspecified atom stereocenters. The Balaban J connectivity index is 1.74. The molecule has 1 aliphatic carbocycles. The highest BCUT2D eigenvalue weighted by Crippen LogP contribution is 2.49. The van der Waals surface area contributed by atoms with Crippen molar-refractivity contribution in [3.8, 4) is 0 Å². The first-order chi connectivity index (χ1) is 10.5. The van der Waals surface area contributed by atoms with E-state index >= 15 is 0 Å². The Labute approximate surface area is 127 Å². The summed E-state index contributed by atoms with van der Waals surface area (Å²) in [5, 5.41) is 8.85. The average molecular weight is 307 g/mol. The lowest BCUT2D eigenvalue weighted by Gasteiger charge is -2.35. The van der Waals surface area contributed by atoms with E-state index in [1.807, 2.05) is 0 Å². The van der Waals surface area contributed by atoms with E-state index in [1.165, 1.54) is 12.1 Å². The number of nitrogens with zero attached hydrogens (tertiary/aromatic N) is 1. The Hall–Kier alpha value is -1.95. The van der Waals surface area contributed by atoms with Crippen molar-refractivity contribution in [3.05, 3.63) is 35.6 Å². The molecule has 6 heteroatoms. The summed E-state index contributed by atoms with van der Waals surface area (Å²) >= 11 is 0. The van der Waals surface area contributed by atoms with E-state index < -0.39 is 17.5 Å². The second kappa shape index (κ2) is 5.68. The van der Waals surface area contributed by atoms with E-state index in [0.717, 1.165) is 0 Å². The van der Waals surface area contributed by atoms with Crippen molar-refractivity contribution in [1.82, 2.24) is 4.90 Å². The van der Waals surface area contributed by atoms with Gasteiger partial charge in [-0.15, -0.1) is 0 Å². The van der Waals surface area contributed by atoms with E-state index in [4.69, 9.17) is 9.84 Å². The molecule has 1 saturated heterocycles. The van der Waals surface area contributed by atoms with Crippen molar-refractivity contribution in [2.24, 2.45) is 0 Å². The topological polar surface area (TPSA) is 66.8 Å². The first kappa shape index (κ1) is 15.0. The molecule has 1 heterocycles. The molecule has 5 nitrogen and oxygen atoms in total. The van der Waals surface area contributed by atoms with Crippen molar-refractivity contribution in [2.45, 2.75) is 30.8 Å². The second-order valence-electron chi connectivity index (χ2n) is 5.93. The molecule has 1 aromatic carbocycles. The van der Waals surface area contributed by atoms with Crippen LogP contribution in [0.1, 0.15) is 24.8 Å². The summed E-state index contributed by atoms with van der Waals surface area (Å²) in [5.41, 5.74) is 0.0755. The number of carboxylic acids is 1. The van der Waals surface area contributed by atoms with Crippen LogP contribution < -0.4 is 0 Å². The third-order valence-corrected chi connectivity index (χ3v) is 4.36. The molecular weight excluding hydrogens is 289 g/mol. The van der Waals surface area contributed by atoms with E-state index in [9.17, 15) is 14.0 Å². The first-order valence-corrected chi connectivity index (χ1v) is 7.40. The highest BCUT2D eigenvalue weighted by molar-refractivity contribution is 5.91. The van der Waals surface area contributed by atoms with E-state index in [1.54, 1.807) is 17.0 Å². The van der Waals surface area contributed by atoms with Gasteiger partial charge in [0.15, 0.2) is 0 Å². The number of benzene rings is 1. The zero-order valence-electron chi connectivity index (χ0n) is 12.1. The lowest BCUT2D eigenvalue weighted by molar-refractivity contribution is -0.149. The lowest BCUT2D eigenvalue weighted by Crippen LogP contribution is -2.49. The van der Waals surface area contributed by atoms with Crippen molar-refractivity contribution in [2.75, 3.05) is 19.7 Å². The van der Waals surface area contributed by atoms with Gasteiger partial charge >= 0.3 is 5.97 Å². The molecule has 0 aromatic heterocycles. The number of carbonyl (C=O) groups excluding carboxylic acids is 1. The molecule has 118 valence electrons. The molecule has 1 aromatic rings. The average Bonchev–Trinajstić information content (AvgIpc) is 3.28. The Bertz CT molecular complexity index is 600. The minimum absolute atomic E-state index is 0.0446. The molecular formula is C16H18FNO4. The number of rotatable bonds is 4. The van der Waals surface area contributed by atoms with Gasteiger partial charge in [0.05, 0.1) is 24.5 Å². The van der Waals surface area contributed by atoms with Gasteiger partial charge in [-0.25, -0.2) is 4.39 Å². The zero-order valence-corrected chi connectivity index (χ0v) is 12.1. The Morgan fingerprint density at radius 2 is 2.18 bits per heavy atom. The third-order valence-electron chi connectivity index (χ3n) is 4.36. The second-order valence-corrected chi connectivity index (χ2v) is 5.93. The number of ether oxygens (including phenoxy) is 1. The maximum absolute atomic E-state index is 13.4. The molecule has 0 radical (unpaired) electrons. The Morgan fingerprint density at radius 3 is 2.82 bits per heavy atom. The lowest BCUT2D eigenvalue weighted by atomic mass is 9.93. The minimum Gasteiger partial charge on any atom is -0.481 e. The van der Waals surface area contributed by atoms with Gasteiger partial charge in [-0.05, 0) is 30.5 Å². The Kier molecular flexibility index (Phi) is 3.87. The van der Waals surface area contributed by atoms with E-state index in [2.05, 4.69) is 0 Å². The fraction of sp³-hybridized carbons (Fsp3) is 0.500. The number of aliphatic carboxylic acids is 1. The van der Waals surface area contributed by atoms with Crippen LogP contribution in [0, 0.1) is 5.82 Å². The largest absolute Gasteiger partial charge is 0.481 e. The fourth-order valence-corrected chi connectivity index (χ4v) is 3.06. The molecule has 0 spiro atoms. The van der Waals surface area contributed by atoms with Crippen LogP contribution in [0.15, 0.2) is 24.3 Å². The predicted molar refractivity (Wildman–Crippen MR) is 75.9 cm³/mol. The molecule has 1 aliphatic heterocycles. The van der Waals surface area contributed by atoms with Gasteiger partial charge in [-0.1, -0.05) is 12.1 Å². The molecule has 22 heavy (non-hydrogen) atoms.